The maximum absolute atomic E-state index is 12.3. The molecule has 0 heterocycles. The number of rotatable bonds is 9. The Morgan fingerprint density at radius 3 is 2.50 bits per heavy atom. The van der Waals surface area contributed by atoms with Crippen LogP contribution >= 0.6 is 15.9 Å². The van der Waals surface area contributed by atoms with Crippen LogP contribution in [0.5, 0.6) is 5.75 Å². The molecule has 1 atom stereocenters. The van der Waals surface area contributed by atoms with E-state index in [9.17, 15) is 19.7 Å². The number of halogens is 1. The summed E-state index contributed by atoms with van der Waals surface area (Å²) in [5, 5.41) is 17.9. The van der Waals surface area contributed by atoms with Gasteiger partial charge in [0.05, 0.1) is 16.8 Å². The Hall–Kier alpha value is -4.05. The van der Waals surface area contributed by atoms with Crippen molar-refractivity contribution < 1.29 is 19.2 Å². The minimum atomic E-state index is -1.02. The van der Waals surface area contributed by atoms with Crippen molar-refractivity contribution in [3.63, 3.8) is 0 Å². The van der Waals surface area contributed by atoms with Gasteiger partial charge in [0, 0.05) is 16.1 Å². The van der Waals surface area contributed by atoms with Gasteiger partial charge < -0.3 is 10.1 Å². The van der Waals surface area contributed by atoms with E-state index in [2.05, 4.69) is 31.8 Å². The molecule has 0 aliphatic rings. The molecular weight excluding hydrogens is 504 g/mol. The van der Waals surface area contributed by atoms with Crippen molar-refractivity contribution in [2.24, 2.45) is 11.0 Å². The monoisotopic (exact) mass is 524 g/mol. The summed E-state index contributed by atoms with van der Waals surface area (Å²) < 4.78 is 6.28. The molecule has 0 aliphatic heterocycles. The quantitative estimate of drug-likeness (QED) is 0.182. The lowest BCUT2D eigenvalue weighted by molar-refractivity contribution is -0.385. The Labute approximate surface area is 204 Å². The summed E-state index contributed by atoms with van der Waals surface area (Å²) in [7, 11) is 0. The van der Waals surface area contributed by atoms with E-state index in [0.29, 0.717) is 15.7 Å². The van der Waals surface area contributed by atoms with Gasteiger partial charge in [0.25, 0.3) is 5.91 Å². The smallest absolute Gasteiger partial charge is 0.311 e. The lowest BCUT2D eigenvalue weighted by Gasteiger charge is -2.11. The van der Waals surface area contributed by atoms with Crippen LogP contribution < -0.4 is 15.5 Å². The number of amides is 2. The summed E-state index contributed by atoms with van der Waals surface area (Å²) in [6.07, 6.45) is 1.25. The molecule has 9 nitrogen and oxygen atoms in total. The fourth-order valence-electron chi connectivity index (χ4n) is 2.80. The highest BCUT2D eigenvalue weighted by molar-refractivity contribution is 9.10. The number of anilines is 1. The topological polar surface area (TPSA) is 123 Å². The lowest BCUT2D eigenvalue weighted by Crippen LogP contribution is -2.34. The van der Waals surface area contributed by atoms with Gasteiger partial charge in [0.1, 0.15) is 12.5 Å². The van der Waals surface area contributed by atoms with Crippen LogP contribution in [-0.4, -0.2) is 23.0 Å². The van der Waals surface area contributed by atoms with Gasteiger partial charge >= 0.3 is 5.69 Å². The molecule has 0 saturated heterocycles. The van der Waals surface area contributed by atoms with Crippen molar-refractivity contribution >= 4 is 45.3 Å². The van der Waals surface area contributed by atoms with Crippen molar-refractivity contribution in [2.75, 3.05) is 5.32 Å². The van der Waals surface area contributed by atoms with Crippen LogP contribution in [0.25, 0.3) is 0 Å². The normalized spacial score (nSPS) is 11.6. The number of nitro benzene ring substituents is 1. The Bertz CT molecular complexity index is 1220. The molecule has 0 fully saturated rings. The van der Waals surface area contributed by atoms with E-state index >= 15 is 0 Å². The van der Waals surface area contributed by atoms with Gasteiger partial charge in [-0.2, -0.15) is 5.10 Å². The average Bonchev–Trinajstić information content (AvgIpc) is 2.84. The van der Waals surface area contributed by atoms with Crippen molar-refractivity contribution in [2.45, 2.75) is 13.5 Å². The van der Waals surface area contributed by atoms with Gasteiger partial charge in [-0.15, -0.1) is 0 Å². The van der Waals surface area contributed by atoms with Crippen molar-refractivity contribution in [1.82, 2.24) is 5.43 Å². The van der Waals surface area contributed by atoms with Gasteiger partial charge in [-0.25, -0.2) is 5.43 Å². The average molecular weight is 525 g/mol. The number of nitrogens with one attached hydrogen (secondary N) is 2. The minimum absolute atomic E-state index is 0.118. The lowest BCUT2D eigenvalue weighted by atomic mass is 10.1. The number of carbonyl (C=O) groups excluding carboxylic acids is 2. The molecule has 0 bridgehead atoms. The number of carbonyl (C=O) groups is 2. The third-order valence-electron chi connectivity index (χ3n) is 4.72. The molecule has 0 spiro atoms. The molecular formula is C24H21BrN4O5. The Morgan fingerprint density at radius 1 is 1.09 bits per heavy atom. The molecule has 34 heavy (non-hydrogen) atoms. The summed E-state index contributed by atoms with van der Waals surface area (Å²) in [6, 6.07) is 20.6. The van der Waals surface area contributed by atoms with E-state index in [1.807, 2.05) is 30.3 Å². The van der Waals surface area contributed by atoms with E-state index in [1.165, 1.54) is 25.3 Å². The molecule has 2 N–H and O–H groups in total. The van der Waals surface area contributed by atoms with Gasteiger partial charge in [-0.1, -0.05) is 42.5 Å². The fourth-order valence-corrected chi connectivity index (χ4v) is 3.19. The molecule has 0 saturated carbocycles. The highest BCUT2D eigenvalue weighted by Gasteiger charge is 2.22. The molecule has 0 aromatic heterocycles. The van der Waals surface area contributed by atoms with E-state index in [-0.39, 0.29) is 18.0 Å². The first-order chi connectivity index (χ1) is 16.3. The molecule has 3 aromatic rings. The van der Waals surface area contributed by atoms with Gasteiger partial charge in [0.15, 0.2) is 5.75 Å². The summed E-state index contributed by atoms with van der Waals surface area (Å²) in [4.78, 5) is 35.5. The second-order valence-electron chi connectivity index (χ2n) is 7.18. The predicted molar refractivity (Wildman–Crippen MR) is 132 cm³/mol. The number of hydrogen-bond donors (Lipinski definition) is 2. The summed E-state index contributed by atoms with van der Waals surface area (Å²) in [5.41, 5.74) is 3.85. The third-order valence-corrected chi connectivity index (χ3v) is 5.42. The summed E-state index contributed by atoms with van der Waals surface area (Å²) >= 11 is 3.33. The number of benzene rings is 3. The fraction of sp³-hybridized carbons (Fsp3) is 0.125. The second-order valence-corrected chi connectivity index (χ2v) is 8.04. The maximum Gasteiger partial charge on any atom is 0.311 e. The standard InChI is InChI=1S/C24H21BrN4O5/c1-16(23(30)27-20-10-6-5-9-19(20)25)24(31)28-26-14-18-11-12-22(21(13-18)29(32)33)34-15-17-7-3-2-4-8-17/h2-14,16H,15H2,1H3,(H,27,30)(H,28,31). The number of nitro groups is 1. The number of hydrogen-bond acceptors (Lipinski definition) is 6. The molecule has 2 amide bonds. The SMILES string of the molecule is CC(C(=O)NN=Cc1ccc(OCc2ccccc2)c([N+](=O)[O-])c1)C(=O)Nc1ccccc1Br. The highest BCUT2D eigenvalue weighted by Crippen LogP contribution is 2.28. The van der Waals surface area contributed by atoms with Crippen molar-refractivity contribution in [3.05, 3.63) is 98.5 Å². The van der Waals surface area contributed by atoms with Crippen LogP contribution in [0.2, 0.25) is 0 Å². The maximum atomic E-state index is 12.3. The zero-order chi connectivity index (χ0) is 24.5. The largest absolute Gasteiger partial charge is 0.482 e. The zero-order valence-electron chi connectivity index (χ0n) is 18.1. The summed E-state index contributed by atoms with van der Waals surface area (Å²) in [6.45, 7) is 1.63. The molecule has 0 aliphatic carbocycles. The van der Waals surface area contributed by atoms with Gasteiger partial charge in [-0.3, -0.25) is 19.7 Å². The Kier molecular flexibility index (Phi) is 8.47. The van der Waals surface area contributed by atoms with E-state index in [0.717, 1.165) is 5.56 Å². The van der Waals surface area contributed by atoms with Crippen LogP contribution in [0.4, 0.5) is 11.4 Å². The highest BCUT2D eigenvalue weighted by atomic mass is 79.9. The summed E-state index contributed by atoms with van der Waals surface area (Å²) in [5.74, 6) is -2.03. The van der Waals surface area contributed by atoms with E-state index in [4.69, 9.17) is 4.74 Å². The van der Waals surface area contributed by atoms with Gasteiger partial charge in [-0.05, 0) is 52.7 Å². The van der Waals surface area contributed by atoms with Gasteiger partial charge in [0.2, 0.25) is 5.91 Å². The Morgan fingerprint density at radius 2 is 1.79 bits per heavy atom. The Balaban J connectivity index is 1.60. The molecule has 3 aromatic carbocycles. The molecule has 10 heteroatoms. The predicted octanol–water partition coefficient (Wildman–Crippen LogP) is 4.66. The zero-order valence-corrected chi connectivity index (χ0v) is 19.7. The number of para-hydroxylation sites is 1. The van der Waals surface area contributed by atoms with E-state index < -0.39 is 22.7 Å². The van der Waals surface area contributed by atoms with Crippen LogP contribution in [-0.2, 0) is 16.2 Å². The molecule has 0 radical (unpaired) electrons. The van der Waals surface area contributed by atoms with E-state index in [1.54, 1.807) is 30.3 Å². The van der Waals surface area contributed by atoms with Crippen LogP contribution in [0.3, 0.4) is 0 Å². The second kappa shape index (κ2) is 11.7. The van der Waals surface area contributed by atoms with Crippen LogP contribution in [0.1, 0.15) is 18.1 Å². The number of hydrazone groups is 1. The van der Waals surface area contributed by atoms with Crippen molar-refractivity contribution in [1.29, 1.82) is 0 Å². The van der Waals surface area contributed by atoms with Crippen molar-refractivity contribution in [3.8, 4) is 5.75 Å². The van der Waals surface area contributed by atoms with Crippen LogP contribution in [0.15, 0.2) is 82.4 Å². The number of ether oxygens (including phenoxy) is 1. The minimum Gasteiger partial charge on any atom is -0.482 e. The molecule has 1 unspecified atom stereocenters. The molecule has 174 valence electrons. The third kappa shape index (κ3) is 6.72. The number of nitrogens with zero attached hydrogens (tertiary/aromatic N) is 2. The van der Waals surface area contributed by atoms with Crippen LogP contribution in [0, 0.1) is 16.0 Å². The molecule has 3 rings (SSSR count). The first kappa shape index (κ1) is 24.6. The first-order valence-corrected chi connectivity index (χ1v) is 11.0. The first-order valence-electron chi connectivity index (χ1n) is 10.2.